The zero-order valence-electron chi connectivity index (χ0n) is 9.77. The predicted octanol–water partition coefficient (Wildman–Crippen LogP) is 3.09. The molecule has 0 aliphatic heterocycles. The molecule has 2 rings (SSSR count). The second-order valence-corrected chi connectivity index (χ2v) is 3.70. The SMILES string of the molecule is C#Cc1ccc(NNc2cccc(C#C)c2)cc1. The molecule has 0 radical (unpaired) electrons. The molecule has 0 aromatic heterocycles. The highest BCUT2D eigenvalue weighted by molar-refractivity contribution is 5.56. The van der Waals surface area contributed by atoms with Gasteiger partial charge in [0.25, 0.3) is 0 Å². The Morgan fingerprint density at radius 1 is 0.722 bits per heavy atom. The van der Waals surface area contributed by atoms with E-state index in [1.807, 2.05) is 48.5 Å². The number of hydrogen-bond donors (Lipinski definition) is 2. The van der Waals surface area contributed by atoms with Crippen molar-refractivity contribution in [3.63, 3.8) is 0 Å². The number of terminal acetylenes is 2. The van der Waals surface area contributed by atoms with Gasteiger partial charge in [0, 0.05) is 11.1 Å². The van der Waals surface area contributed by atoms with Crippen molar-refractivity contribution in [3.8, 4) is 24.7 Å². The minimum absolute atomic E-state index is 0.837. The standard InChI is InChI=1S/C16H12N2/c1-3-13-8-10-15(11-9-13)17-18-16-7-5-6-14(4-2)12-16/h1-2,5-12,17-18H. The van der Waals surface area contributed by atoms with Crippen LogP contribution in [-0.2, 0) is 0 Å². The van der Waals surface area contributed by atoms with Crippen LogP contribution in [-0.4, -0.2) is 0 Å². The first-order valence-electron chi connectivity index (χ1n) is 5.47. The fourth-order valence-corrected chi connectivity index (χ4v) is 1.48. The topological polar surface area (TPSA) is 24.1 Å². The van der Waals surface area contributed by atoms with Crippen LogP contribution in [0.1, 0.15) is 11.1 Å². The normalized spacial score (nSPS) is 9.00. The molecule has 0 spiro atoms. The number of nitrogens with one attached hydrogen (secondary N) is 2. The molecular weight excluding hydrogens is 220 g/mol. The number of anilines is 2. The maximum Gasteiger partial charge on any atom is 0.0552 e. The largest absolute Gasteiger partial charge is 0.301 e. The van der Waals surface area contributed by atoms with E-state index in [1.165, 1.54) is 0 Å². The summed E-state index contributed by atoms with van der Waals surface area (Å²) in [6, 6.07) is 15.2. The van der Waals surface area contributed by atoms with Crippen LogP contribution in [0.4, 0.5) is 11.4 Å². The summed E-state index contributed by atoms with van der Waals surface area (Å²) in [5.74, 6) is 5.16. The van der Waals surface area contributed by atoms with Crippen LogP contribution in [0.5, 0.6) is 0 Å². The molecule has 2 nitrogen and oxygen atoms in total. The zero-order valence-corrected chi connectivity index (χ0v) is 9.77. The van der Waals surface area contributed by atoms with Crippen molar-refractivity contribution in [2.24, 2.45) is 0 Å². The van der Waals surface area contributed by atoms with E-state index in [4.69, 9.17) is 12.8 Å². The van der Waals surface area contributed by atoms with Gasteiger partial charge in [-0.1, -0.05) is 17.9 Å². The van der Waals surface area contributed by atoms with Crippen LogP contribution in [0, 0.1) is 24.7 Å². The average Bonchev–Trinajstić information content (AvgIpc) is 2.46. The Morgan fingerprint density at radius 2 is 1.39 bits per heavy atom. The summed E-state index contributed by atoms with van der Waals surface area (Å²) in [6.07, 6.45) is 10.6. The van der Waals surface area contributed by atoms with Gasteiger partial charge in [0.15, 0.2) is 0 Å². The van der Waals surface area contributed by atoms with E-state index < -0.39 is 0 Å². The van der Waals surface area contributed by atoms with Crippen molar-refractivity contribution in [1.29, 1.82) is 0 Å². The Hall–Kier alpha value is -2.84. The van der Waals surface area contributed by atoms with E-state index in [0.717, 1.165) is 22.5 Å². The number of rotatable bonds is 3. The van der Waals surface area contributed by atoms with Crippen LogP contribution in [0.15, 0.2) is 48.5 Å². The molecule has 0 aliphatic carbocycles. The summed E-state index contributed by atoms with van der Waals surface area (Å²) < 4.78 is 0. The maximum absolute atomic E-state index is 5.34. The fraction of sp³-hybridized carbons (Fsp3) is 0. The molecule has 0 saturated heterocycles. The van der Waals surface area contributed by atoms with Crippen molar-refractivity contribution in [2.75, 3.05) is 10.9 Å². The summed E-state index contributed by atoms with van der Waals surface area (Å²) in [5, 5.41) is 0. The molecule has 2 N–H and O–H groups in total. The highest BCUT2D eigenvalue weighted by Gasteiger charge is 1.94. The van der Waals surface area contributed by atoms with Crippen molar-refractivity contribution in [1.82, 2.24) is 0 Å². The molecule has 0 unspecified atom stereocenters. The molecule has 18 heavy (non-hydrogen) atoms. The second kappa shape index (κ2) is 5.48. The molecule has 0 saturated carbocycles. The number of benzene rings is 2. The quantitative estimate of drug-likeness (QED) is 0.627. The van der Waals surface area contributed by atoms with Crippen molar-refractivity contribution in [2.45, 2.75) is 0 Å². The molecule has 0 heterocycles. The van der Waals surface area contributed by atoms with E-state index in [-0.39, 0.29) is 0 Å². The van der Waals surface area contributed by atoms with Gasteiger partial charge < -0.3 is 10.9 Å². The Bertz CT molecular complexity index is 613. The van der Waals surface area contributed by atoms with Gasteiger partial charge in [0.05, 0.1) is 11.4 Å². The minimum atomic E-state index is 0.837. The maximum atomic E-state index is 5.34. The van der Waals surface area contributed by atoms with Crippen molar-refractivity contribution < 1.29 is 0 Å². The lowest BCUT2D eigenvalue weighted by Crippen LogP contribution is -2.08. The predicted molar refractivity (Wildman–Crippen MR) is 76.0 cm³/mol. The smallest absolute Gasteiger partial charge is 0.0552 e. The Balaban J connectivity index is 2.02. The Kier molecular flexibility index (Phi) is 3.54. The molecular formula is C16H12N2. The second-order valence-electron chi connectivity index (χ2n) is 3.70. The highest BCUT2D eigenvalue weighted by atomic mass is 15.4. The first-order chi connectivity index (χ1) is 8.81. The molecule has 0 atom stereocenters. The highest BCUT2D eigenvalue weighted by Crippen LogP contribution is 2.12. The van der Waals surface area contributed by atoms with E-state index in [1.54, 1.807) is 0 Å². The summed E-state index contributed by atoms with van der Waals surface area (Å²) in [7, 11) is 0. The van der Waals surface area contributed by atoms with E-state index in [9.17, 15) is 0 Å². The van der Waals surface area contributed by atoms with Crippen molar-refractivity contribution >= 4 is 11.4 Å². The Morgan fingerprint density at radius 3 is 2.06 bits per heavy atom. The van der Waals surface area contributed by atoms with E-state index in [0.29, 0.717) is 0 Å². The van der Waals surface area contributed by atoms with E-state index >= 15 is 0 Å². The summed E-state index contributed by atoms with van der Waals surface area (Å²) in [4.78, 5) is 0. The van der Waals surface area contributed by atoms with Crippen LogP contribution >= 0.6 is 0 Å². The van der Waals surface area contributed by atoms with Crippen LogP contribution in [0.25, 0.3) is 0 Å². The molecule has 0 aliphatic rings. The van der Waals surface area contributed by atoms with Gasteiger partial charge in [0.2, 0.25) is 0 Å². The number of hydrogen-bond acceptors (Lipinski definition) is 2. The van der Waals surface area contributed by atoms with Gasteiger partial charge in [0.1, 0.15) is 0 Å². The van der Waals surface area contributed by atoms with E-state index in [2.05, 4.69) is 22.7 Å². The number of hydrazine groups is 1. The van der Waals surface area contributed by atoms with Gasteiger partial charge in [-0.2, -0.15) is 0 Å². The molecule has 2 heteroatoms. The van der Waals surface area contributed by atoms with Gasteiger partial charge in [-0.15, -0.1) is 12.8 Å². The molecule has 2 aromatic rings. The van der Waals surface area contributed by atoms with Crippen LogP contribution in [0.3, 0.4) is 0 Å². The lowest BCUT2D eigenvalue weighted by molar-refractivity contribution is 1.41. The van der Waals surface area contributed by atoms with Crippen molar-refractivity contribution in [3.05, 3.63) is 59.7 Å². The zero-order chi connectivity index (χ0) is 12.8. The molecule has 0 amide bonds. The summed E-state index contributed by atoms with van der Waals surface area (Å²) in [5.41, 5.74) is 9.69. The third kappa shape index (κ3) is 2.84. The fourth-order valence-electron chi connectivity index (χ4n) is 1.48. The van der Waals surface area contributed by atoms with Gasteiger partial charge >= 0.3 is 0 Å². The first-order valence-corrected chi connectivity index (χ1v) is 5.47. The van der Waals surface area contributed by atoms with Gasteiger partial charge in [-0.3, -0.25) is 0 Å². The molecule has 2 aromatic carbocycles. The minimum Gasteiger partial charge on any atom is -0.301 e. The van der Waals surface area contributed by atoms with Gasteiger partial charge in [-0.05, 0) is 42.5 Å². The third-order valence-corrected chi connectivity index (χ3v) is 2.43. The molecule has 0 fully saturated rings. The summed E-state index contributed by atoms with van der Waals surface area (Å²) >= 11 is 0. The molecule has 86 valence electrons. The lowest BCUT2D eigenvalue weighted by atomic mass is 10.2. The monoisotopic (exact) mass is 232 g/mol. The van der Waals surface area contributed by atoms with Gasteiger partial charge in [-0.25, -0.2) is 0 Å². The van der Waals surface area contributed by atoms with Crippen LogP contribution in [0.2, 0.25) is 0 Å². The lowest BCUT2D eigenvalue weighted by Gasteiger charge is -2.10. The Labute approximate surface area is 107 Å². The van der Waals surface area contributed by atoms with Crippen LogP contribution < -0.4 is 10.9 Å². The average molecular weight is 232 g/mol. The molecule has 0 bridgehead atoms. The first kappa shape index (κ1) is 11.6. The third-order valence-electron chi connectivity index (χ3n) is 2.43. The summed E-state index contributed by atoms with van der Waals surface area (Å²) in [6.45, 7) is 0.